The molecule has 15 heteroatoms. The molecule has 0 spiro atoms. The molecule has 0 bridgehead atoms. The van der Waals surface area contributed by atoms with Crippen LogP contribution in [-0.2, 0) is 13.8 Å². The number of phosphoric acid groups is 1. The molecule has 3 heterocycles. The van der Waals surface area contributed by atoms with Gasteiger partial charge in [-0.05, 0) is 0 Å². The Balaban J connectivity index is 0.00000156. The van der Waals surface area contributed by atoms with Crippen molar-refractivity contribution in [3.05, 3.63) is 12.7 Å². The summed E-state index contributed by atoms with van der Waals surface area (Å²) >= 11 is 0. The first-order valence-corrected chi connectivity index (χ1v) is 7.95. The molecular weight excluding hydrogens is 372 g/mol. The third-order valence-corrected chi connectivity index (χ3v) is 3.89. The van der Waals surface area contributed by atoms with E-state index in [1.165, 1.54) is 17.2 Å². The third kappa shape index (κ3) is 4.53. The van der Waals surface area contributed by atoms with Crippen LogP contribution in [0.1, 0.15) is 6.23 Å². The number of aliphatic hydroxyl groups excluding tert-OH is 2. The summed E-state index contributed by atoms with van der Waals surface area (Å²) in [6.07, 6.45) is -2.49. The van der Waals surface area contributed by atoms with Gasteiger partial charge in [0.05, 0.1) is 12.9 Å². The number of aliphatic hydroxyl groups is 2. The molecular formula is C10H17N5NaO8P. The number of phosphoric ester groups is 1. The fourth-order valence-corrected chi connectivity index (χ4v) is 2.66. The summed E-state index contributed by atoms with van der Waals surface area (Å²) in [6.45, 7) is -0.594. The Morgan fingerprint density at radius 1 is 1.28 bits per heavy atom. The quantitative estimate of drug-likeness (QED) is 0.257. The summed E-state index contributed by atoms with van der Waals surface area (Å²) in [5, 5.41) is 20.1. The standard InChI is InChI=1S/C10H14N5O7P.Na.H2O.H/c11-8-5-9(13-2-12-8)15(3-14-5)10-7(17)6(16)4(22-10)1-21-23(18,19)20;;;/h2-4,6-7,10,16-17H,1H2,(H2,11,12,13)(H2,18,19,20);;1H2;. The Kier molecular flexibility index (Phi) is 7.44. The van der Waals surface area contributed by atoms with Crippen molar-refractivity contribution in [2.75, 3.05) is 12.3 Å². The molecule has 4 atom stereocenters. The van der Waals surface area contributed by atoms with Crippen molar-refractivity contribution in [3.63, 3.8) is 0 Å². The predicted molar refractivity (Wildman–Crippen MR) is 84.4 cm³/mol. The van der Waals surface area contributed by atoms with Crippen molar-refractivity contribution in [1.29, 1.82) is 0 Å². The molecule has 0 aliphatic carbocycles. The Morgan fingerprint density at radius 2 is 1.96 bits per heavy atom. The molecule has 1 fully saturated rings. The predicted octanol–water partition coefficient (Wildman–Crippen LogP) is -3.34. The van der Waals surface area contributed by atoms with Gasteiger partial charge in [0.1, 0.15) is 30.2 Å². The second-order valence-electron chi connectivity index (χ2n) is 4.92. The number of ether oxygens (including phenoxy) is 1. The number of aromatic nitrogens is 4. The summed E-state index contributed by atoms with van der Waals surface area (Å²) in [7, 11) is -4.72. The molecule has 1 aliphatic rings. The van der Waals surface area contributed by atoms with Crippen LogP contribution < -0.4 is 5.73 Å². The summed E-state index contributed by atoms with van der Waals surface area (Å²) in [5.41, 5.74) is 6.25. The van der Waals surface area contributed by atoms with Crippen molar-refractivity contribution in [3.8, 4) is 0 Å². The average Bonchev–Trinajstić information content (AvgIpc) is 3.01. The van der Waals surface area contributed by atoms with Crippen LogP contribution in [0.25, 0.3) is 11.2 Å². The topological polar surface area (TPSA) is 218 Å². The zero-order chi connectivity index (χ0) is 16.8. The number of hydrogen-bond donors (Lipinski definition) is 5. The fraction of sp³-hybridized carbons (Fsp3) is 0.500. The van der Waals surface area contributed by atoms with Gasteiger partial charge in [-0.3, -0.25) is 9.09 Å². The molecule has 0 amide bonds. The zero-order valence-corrected chi connectivity index (χ0v) is 12.9. The SMILES string of the molecule is Nc1ncnc2c1ncn2C1OC(COP(=O)(O)O)C(O)C1O.O.[NaH]. The van der Waals surface area contributed by atoms with Crippen LogP contribution in [0.2, 0.25) is 0 Å². The Hall–Kier alpha value is -0.700. The van der Waals surface area contributed by atoms with Crippen LogP contribution >= 0.6 is 7.82 Å². The van der Waals surface area contributed by atoms with Crippen LogP contribution in [0.15, 0.2) is 12.7 Å². The van der Waals surface area contributed by atoms with Gasteiger partial charge in [-0.15, -0.1) is 0 Å². The minimum absolute atomic E-state index is 0. The van der Waals surface area contributed by atoms with Crippen LogP contribution in [0.5, 0.6) is 0 Å². The maximum atomic E-state index is 10.7. The normalized spacial score (nSPS) is 26.2. The number of nitrogens with zero attached hydrogens (tertiary/aromatic N) is 4. The summed E-state index contributed by atoms with van der Waals surface area (Å²) in [6, 6.07) is 0. The zero-order valence-electron chi connectivity index (χ0n) is 12.0. The fourth-order valence-electron chi connectivity index (χ4n) is 2.32. The number of hydrogen-bond acceptors (Lipinski definition) is 9. The van der Waals surface area contributed by atoms with Crippen molar-refractivity contribution in [1.82, 2.24) is 19.5 Å². The number of anilines is 1. The Morgan fingerprint density at radius 3 is 2.60 bits per heavy atom. The van der Waals surface area contributed by atoms with Crippen molar-refractivity contribution >= 4 is 54.4 Å². The molecule has 4 unspecified atom stereocenters. The van der Waals surface area contributed by atoms with E-state index < -0.39 is 39.0 Å². The first-order chi connectivity index (χ1) is 10.8. The van der Waals surface area contributed by atoms with E-state index in [0.29, 0.717) is 5.52 Å². The van der Waals surface area contributed by atoms with E-state index in [-0.39, 0.29) is 46.5 Å². The molecule has 25 heavy (non-hydrogen) atoms. The van der Waals surface area contributed by atoms with E-state index in [9.17, 15) is 14.8 Å². The van der Waals surface area contributed by atoms with Gasteiger partial charge >= 0.3 is 37.4 Å². The minimum atomic E-state index is -4.72. The summed E-state index contributed by atoms with van der Waals surface area (Å²) in [5.74, 6) is 0.142. The number of nitrogens with two attached hydrogens (primary N) is 1. The average molecular weight is 389 g/mol. The van der Waals surface area contributed by atoms with Crippen LogP contribution in [0.3, 0.4) is 0 Å². The van der Waals surface area contributed by atoms with Crippen LogP contribution in [-0.4, -0.2) is 99.5 Å². The van der Waals surface area contributed by atoms with Gasteiger partial charge in [-0.2, -0.15) is 0 Å². The molecule has 136 valence electrons. The van der Waals surface area contributed by atoms with Crippen LogP contribution in [0, 0.1) is 0 Å². The number of imidazole rings is 1. The van der Waals surface area contributed by atoms with Crippen molar-refractivity contribution < 1.29 is 39.3 Å². The van der Waals surface area contributed by atoms with E-state index in [4.69, 9.17) is 20.3 Å². The third-order valence-electron chi connectivity index (χ3n) is 3.41. The molecule has 1 aliphatic heterocycles. The van der Waals surface area contributed by atoms with Gasteiger partial charge in [0.15, 0.2) is 17.7 Å². The van der Waals surface area contributed by atoms with E-state index in [1.54, 1.807) is 0 Å². The molecule has 2 aromatic heterocycles. The van der Waals surface area contributed by atoms with Gasteiger partial charge in [-0.1, -0.05) is 0 Å². The number of nitrogen functional groups attached to an aromatic ring is 1. The number of rotatable bonds is 4. The van der Waals surface area contributed by atoms with Crippen molar-refractivity contribution in [2.24, 2.45) is 0 Å². The van der Waals surface area contributed by atoms with E-state index in [1.807, 2.05) is 0 Å². The molecule has 0 radical (unpaired) electrons. The van der Waals surface area contributed by atoms with Crippen LogP contribution in [0.4, 0.5) is 5.82 Å². The first kappa shape index (κ1) is 22.3. The van der Waals surface area contributed by atoms with E-state index in [2.05, 4.69) is 19.5 Å². The molecule has 0 aromatic carbocycles. The maximum absolute atomic E-state index is 10.7. The van der Waals surface area contributed by atoms with Crippen molar-refractivity contribution in [2.45, 2.75) is 24.5 Å². The molecule has 2 aromatic rings. The molecule has 8 N–H and O–H groups in total. The Labute approximate surface area is 162 Å². The monoisotopic (exact) mass is 389 g/mol. The number of fused-ring (bicyclic) bond motifs is 1. The van der Waals surface area contributed by atoms with Gasteiger partial charge in [0.2, 0.25) is 0 Å². The second kappa shape index (κ2) is 8.33. The molecule has 3 rings (SSSR count). The molecule has 13 nitrogen and oxygen atoms in total. The molecule has 0 saturated carbocycles. The second-order valence-corrected chi connectivity index (χ2v) is 6.15. The summed E-state index contributed by atoms with van der Waals surface area (Å²) in [4.78, 5) is 29.2. The van der Waals surface area contributed by atoms with Gasteiger partial charge in [0.25, 0.3) is 0 Å². The van der Waals surface area contributed by atoms with E-state index >= 15 is 0 Å². The van der Waals surface area contributed by atoms with Gasteiger partial charge in [0, 0.05) is 0 Å². The van der Waals surface area contributed by atoms with Gasteiger partial charge < -0.3 is 35.9 Å². The molecule has 1 saturated heterocycles. The van der Waals surface area contributed by atoms with Gasteiger partial charge in [-0.25, -0.2) is 19.5 Å². The van der Waals surface area contributed by atoms with E-state index in [0.717, 1.165) is 0 Å². The first-order valence-electron chi connectivity index (χ1n) is 6.42. The Bertz CT molecular complexity index is 771. The summed E-state index contributed by atoms with van der Waals surface area (Å²) < 4.78 is 21.8.